The number of rotatable bonds is 9. The molecular weight excluding hydrogens is 460 g/mol. The number of benzene rings is 3. The van der Waals surface area contributed by atoms with Crippen LogP contribution < -0.4 is 10.6 Å². The fourth-order valence-electron chi connectivity index (χ4n) is 3.52. The van der Waals surface area contributed by atoms with Gasteiger partial charge in [0.1, 0.15) is 0 Å². The second-order valence-electron chi connectivity index (χ2n) is 7.93. The molecule has 0 bridgehead atoms. The van der Waals surface area contributed by atoms with E-state index in [1.165, 1.54) is 16.4 Å². The monoisotopic (exact) mass is 486 g/mol. The Morgan fingerprint density at radius 1 is 0.714 bits per heavy atom. The van der Waals surface area contributed by atoms with Crippen LogP contribution in [-0.4, -0.2) is 23.7 Å². The third-order valence-electron chi connectivity index (χ3n) is 5.36. The van der Waals surface area contributed by atoms with Crippen LogP contribution in [0.2, 0.25) is 0 Å². The van der Waals surface area contributed by atoms with E-state index in [4.69, 9.17) is 0 Å². The van der Waals surface area contributed by atoms with Gasteiger partial charge in [-0.05, 0) is 53.1 Å². The molecule has 4 rings (SSSR count). The third-order valence-corrected chi connectivity index (χ3v) is 7.16. The maximum atomic E-state index is 13.6. The third kappa shape index (κ3) is 6.75. The highest BCUT2D eigenvalue weighted by atomic mass is 32.2. The van der Waals surface area contributed by atoms with Crippen LogP contribution in [0.15, 0.2) is 114 Å². The average molecular weight is 487 g/mol. The van der Waals surface area contributed by atoms with Gasteiger partial charge in [-0.2, -0.15) is 4.31 Å². The Bertz CT molecular complexity index is 1290. The van der Waals surface area contributed by atoms with Crippen molar-refractivity contribution < 1.29 is 13.2 Å². The zero-order valence-electron chi connectivity index (χ0n) is 19.0. The molecule has 0 aliphatic carbocycles. The number of carbonyl (C=O) groups excluding carboxylic acids is 1. The van der Waals surface area contributed by atoms with Gasteiger partial charge in [0.2, 0.25) is 10.0 Å². The fraction of sp³-hybridized carbons (Fsp3) is 0.111. The van der Waals surface area contributed by atoms with E-state index in [1.54, 1.807) is 24.5 Å². The molecule has 0 spiro atoms. The summed E-state index contributed by atoms with van der Waals surface area (Å²) in [6.45, 7) is 0.847. The molecule has 4 aromatic rings. The number of carbonyl (C=O) groups is 1. The van der Waals surface area contributed by atoms with E-state index < -0.39 is 10.0 Å². The van der Waals surface area contributed by atoms with Crippen molar-refractivity contribution in [2.45, 2.75) is 24.5 Å². The average Bonchev–Trinajstić information content (AvgIpc) is 2.89. The van der Waals surface area contributed by atoms with Gasteiger partial charge in [-0.15, -0.1) is 0 Å². The van der Waals surface area contributed by atoms with Gasteiger partial charge in [0.05, 0.1) is 4.90 Å². The molecule has 0 fully saturated rings. The Hall–Kier alpha value is -4.01. The molecule has 0 aliphatic heterocycles. The van der Waals surface area contributed by atoms with E-state index in [0.29, 0.717) is 12.2 Å². The lowest BCUT2D eigenvalue weighted by Crippen LogP contribution is -2.30. The van der Waals surface area contributed by atoms with Crippen molar-refractivity contribution in [2.24, 2.45) is 0 Å². The Morgan fingerprint density at radius 3 is 1.80 bits per heavy atom. The summed E-state index contributed by atoms with van der Waals surface area (Å²) in [5.41, 5.74) is 3.22. The molecule has 0 radical (unpaired) electrons. The predicted molar refractivity (Wildman–Crippen MR) is 136 cm³/mol. The number of aromatic nitrogens is 1. The summed E-state index contributed by atoms with van der Waals surface area (Å²) < 4.78 is 28.6. The number of urea groups is 1. The summed E-state index contributed by atoms with van der Waals surface area (Å²) in [7, 11) is -3.79. The first kappa shape index (κ1) is 24.1. The SMILES string of the molecule is O=C(NCc1ccncc1)Nc1ccc(S(=O)(=O)N(Cc2ccccc2)Cc2ccccc2)cc1. The lowest BCUT2D eigenvalue weighted by atomic mass is 10.2. The van der Waals surface area contributed by atoms with Gasteiger partial charge in [-0.3, -0.25) is 4.98 Å². The van der Waals surface area contributed by atoms with Crippen LogP contribution in [0.25, 0.3) is 0 Å². The first-order valence-electron chi connectivity index (χ1n) is 11.1. The van der Waals surface area contributed by atoms with Crippen molar-refractivity contribution >= 4 is 21.7 Å². The largest absolute Gasteiger partial charge is 0.334 e. The van der Waals surface area contributed by atoms with Gasteiger partial charge in [0, 0.05) is 37.7 Å². The molecule has 0 unspecified atom stereocenters. The minimum atomic E-state index is -3.79. The highest BCUT2D eigenvalue weighted by molar-refractivity contribution is 7.89. The minimum Gasteiger partial charge on any atom is -0.334 e. The zero-order valence-corrected chi connectivity index (χ0v) is 19.9. The van der Waals surface area contributed by atoms with Crippen LogP contribution >= 0.6 is 0 Å². The number of amides is 2. The van der Waals surface area contributed by atoms with Gasteiger partial charge in [0.25, 0.3) is 0 Å². The predicted octanol–water partition coefficient (Wildman–Crippen LogP) is 4.79. The molecule has 35 heavy (non-hydrogen) atoms. The number of nitrogens with one attached hydrogen (secondary N) is 2. The summed E-state index contributed by atoms with van der Waals surface area (Å²) in [4.78, 5) is 16.3. The molecule has 178 valence electrons. The normalized spacial score (nSPS) is 11.2. The standard InChI is InChI=1S/C27H26N4O3S/c32-27(29-19-22-15-17-28-18-16-22)30-25-11-13-26(14-12-25)35(33,34)31(20-23-7-3-1-4-8-23)21-24-9-5-2-6-10-24/h1-18H,19-21H2,(H2,29,30,32). The molecule has 1 aromatic heterocycles. The topological polar surface area (TPSA) is 91.4 Å². The highest BCUT2D eigenvalue weighted by Crippen LogP contribution is 2.23. The quantitative estimate of drug-likeness (QED) is 0.356. The van der Waals surface area contributed by atoms with E-state index >= 15 is 0 Å². The summed E-state index contributed by atoms with van der Waals surface area (Å²) in [6.07, 6.45) is 3.32. The number of nitrogens with zero attached hydrogens (tertiary/aromatic N) is 2. The smallest absolute Gasteiger partial charge is 0.319 e. The van der Waals surface area contributed by atoms with E-state index in [1.807, 2.05) is 72.8 Å². The number of pyridine rings is 1. The van der Waals surface area contributed by atoms with Crippen LogP contribution in [0.3, 0.4) is 0 Å². The Labute approximate surface area is 205 Å². The van der Waals surface area contributed by atoms with Crippen molar-refractivity contribution in [1.29, 1.82) is 0 Å². The van der Waals surface area contributed by atoms with E-state index in [0.717, 1.165) is 16.7 Å². The van der Waals surface area contributed by atoms with Crippen LogP contribution in [0.5, 0.6) is 0 Å². The first-order valence-corrected chi connectivity index (χ1v) is 12.6. The molecule has 3 aromatic carbocycles. The summed E-state index contributed by atoms with van der Waals surface area (Å²) >= 11 is 0. The van der Waals surface area contributed by atoms with Crippen molar-refractivity contribution in [2.75, 3.05) is 5.32 Å². The Morgan fingerprint density at radius 2 is 1.26 bits per heavy atom. The molecule has 7 nitrogen and oxygen atoms in total. The fourth-order valence-corrected chi connectivity index (χ4v) is 4.93. The number of anilines is 1. The molecule has 0 saturated heterocycles. The van der Waals surface area contributed by atoms with Crippen molar-refractivity contribution in [3.63, 3.8) is 0 Å². The molecule has 0 aliphatic rings. The van der Waals surface area contributed by atoms with E-state index in [9.17, 15) is 13.2 Å². The molecule has 0 atom stereocenters. The molecule has 0 saturated carbocycles. The number of sulfonamides is 1. The molecule has 2 amide bonds. The highest BCUT2D eigenvalue weighted by Gasteiger charge is 2.25. The maximum Gasteiger partial charge on any atom is 0.319 e. The van der Waals surface area contributed by atoms with Crippen LogP contribution in [-0.2, 0) is 29.7 Å². The van der Waals surface area contributed by atoms with Gasteiger partial charge in [0.15, 0.2) is 0 Å². The van der Waals surface area contributed by atoms with Gasteiger partial charge >= 0.3 is 6.03 Å². The number of hydrogen-bond acceptors (Lipinski definition) is 4. The van der Waals surface area contributed by atoms with Crippen molar-refractivity contribution in [3.05, 3.63) is 126 Å². The Balaban J connectivity index is 1.47. The molecule has 2 N–H and O–H groups in total. The van der Waals surface area contributed by atoms with E-state index in [-0.39, 0.29) is 24.0 Å². The summed E-state index contributed by atoms with van der Waals surface area (Å²) in [5, 5.41) is 5.49. The van der Waals surface area contributed by atoms with Gasteiger partial charge in [-0.1, -0.05) is 60.7 Å². The maximum absolute atomic E-state index is 13.6. The zero-order chi connectivity index (χ0) is 24.5. The molecule has 8 heteroatoms. The van der Waals surface area contributed by atoms with Crippen molar-refractivity contribution in [3.8, 4) is 0 Å². The lowest BCUT2D eigenvalue weighted by Gasteiger charge is -2.23. The molecular formula is C27H26N4O3S. The van der Waals surface area contributed by atoms with Crippen molar-refractivity contribution in [1.82, 2.24) is 14.6 Å². The molecule has 1 heterocycles. The van der Waals surface area contributed by atoms with Crippen LogP contribution in [0.1, 0.15) is 16.7 Å². The number of hydrogen-bond donors (Lipinski definition) is 2. The van der Waals surface area contributed by atoms with Gasteiger partial charge < -0.3 is 10.6 Å². The van der Waals surface area contributed by atoms with Crippen LogP contribution in [0, 0.1) is 0 Å². The Kier molecular flexibility index (Phi) is 7.87. The second-order valence-corrected chi connectivity index (χ2v) is 9.87. The van der Waals surface area contributed by atoms with Gasteiger partial charge in [-0.25, -0.2) is 13.2 Å². The van der Waals surface area contributed by atoms with Crippen LogP contribution in [0.4, 0.5) is 10.5 Å². The summed E-state index contributed by atoms with van der Waals surface area (Å²) in [5.74, 6) is 0. The van der Waals surface area contributed by atoms with E-state index in [2.05, 4.69) is 15.6 Å². The first-order chi connectivity index (χ1) is 17.0. The minimum absolute atomic E-state index is 0.159. The second kappa shape index (κ2) is 11.4. The lowest BCUT2D eigenvalue weighted by molar-refractivity contribution is 0.251. The summed E-state index contributed by atoms with van der Waals surface area (Å²) in [6, 6.07) is 28.4.